The normalized spacial score (nSPS) is 13.0. The van der Waals surface area contributed by atoms with Crippen molar-refractivity contribution < 1.29 is 25.8 Å². The van der Waals surface area contributed by atoms with Crippen LogP contribution in [0, 0.1) is 18.8 Å². The van der Waals surface area contributed by atoms with Gasteiger partial charge in [-0.2, -0.15) is 6.07 Å². The molecule has 0 amide bonds. The van der Waals surface area contributed by atoms with E-state index in [2.05, 4.69) is 246 Å². The van der Waals surface area contributed by atoms with Crippen LogP contribution >= 0.6 is 0 Å². The zero-order valence-corrected chi connectivity index (χ0v) is 40.5. The van der Waals surface area contributed by atoms with Gasteiger partial charge in [0.2, 0.25) is 0 Å². The zero-order chi connectivity index (χ0) is 44.4. The smallest absolute Gasteiger partial charge is 0.135 e. The molecule has 65 heavy (non-hydrogen) atoms. The number of anilines is 4. The largest absolute Gasteiger partial charge is 0.509 e. The average Bonchev–Trinajstić information content (AvgIpc) is 3.85. The van der Waals surface area contributed by atoms with Gasteiger partial charge < -0.3 is 19.1 Å². The van der Waals surface area contributed by atoms with Crippen LogP contribution in [0.5, 0.6) is 11.5 Å². The van der Waals surface area contributed by atoms with Crippen LogP contribution < -0.4 is 14.5 Å². The summed E-state index contributed by atoms with van der Waals surface area (Å²) in [5, 5.41) is 2.22. The van der Waals surface area contributed by atoms with Crippen molar-refractivity contribution in [1.29, 1.82) is 0 Å². The molecule has 0 bridgehead atoms. The number of para-hydroxylation sites is 3. The van der Waals surface area contributed by atoms with Gasteiger partial charge in [-0.3, -0.25) is 0 Å². The molecule has 0 fully saturated rings. The van der Waals surface area contributed by atoms with E-state index in [4.69, 9.17) is 9.72 Å². The van der Waals surface area contributed by atoms with Crippen LogP contribution in [0.4, 0.5) is 22.7 Å². The summed E-state index contributed by atoms with van der Waals surface area (Å²) in [6, 6.07) is 65.6. The van der Waals surface area contributed by atoms with E-state index in [0.717, 1.165) is 55.9 Å². The molecule has 9 aromatic rings. The van der Waals surface area contributed by atoms with Crippen LogP contribution in [0.25, 0.3) is 38.8 Å². The number of pyridine rings is 1. The third-order valence-corrected chi connectivity index (χ3v) is 12.7. The van der Waals surface area contributed by atoms with E-state index in [-0.39, 0.29) is 37.3 Å². The van der Waals surface area contributed by atoms with Gasteiger partial charge >= 0.3 is 0 Å². The summed E-state index contributed by atoms with van der Waals surface area (Å²) in [4.78, 5) is 9.51. The van der Waals surface area contributed by atoms with E-state index in [1.165, 1.54) is 27.8 Å². The molecule has 6 heteroatoms. The van der Waals surface area contributed by atoms with Gasteiger partial charge in [0.1, 0.15) is 5.82 Å². The second-order valence-corrected chi connectivity index (χ2v) is 19.5. The number of hydrogen-bond donors (Lipinski definition) is 0. The Morgan fingerprint density at radius 3 is 1.88 bits per heavy atom. The number of rotatable bonds is 8. The van der Waals surface area contributed by atoms with Gasteiger partial charge in [0, 0.05) is 66.8 Å². The minimum Gasteiger partial charge on any atom is -0.509 e. The van der Waals surface area contributed by atoms with Crippen molar-refractivity contribution in [3.63, 3.8) is 0 Å². The summed E-state index contributed by atoms with van der Waals surface area (Å²) >= 11 is 0. The topological polar surface area (TPSA) is 33.5 Å². The second kappa shape index (κ2) is 16.9. The molecule has 0 atom stereocenters. The molecule has 0 saturated carbocycles. The van der Waals surface area contributed by atoms with Crippen molar-refractivity contribution in [3.05, 3.63) is 211 Å². The van der Waals surface area contributed by atoms with Crippen molar-refractivity contribution in [3.8, 4) is 28.4 Å². The first-order valence-electron chi connectivity index (χ1n) is 22.2. The molecular weight excluding hydrogens is 976 g/mol. The zero-order valence-electron chi connectivity index (χ0n) is 38.3. The van der Waals surface area contributed by atoms with Gasteiger partial charge in [-0.25, -0.2) is 4.98 Å². The van der Waals surface area contributed by atoms with E-state index in [1.54, 1.807) is 0 Å². The Morgan fingerprint density at radius 1 is 0.508 bits per heavy atom. The average molecular weight is 1030 g/mol. The van der Waals surface area contributed by atoms with Crippen LogP contribution in [0.15, 0.2) is 170 Å². The van der Waals surface area contributed by atoms with Gasteiger partial charge in [0.25, 0.3) is 0 Å². The van der Waals surface area contributed by atoms with Crippen molar-refractivity contribution >= 4 is 44.6 Å². The number of aromatic nitrogens is 2. The Bertz CT molecular complexity index is 3180. The monoisotopic (exact) mass is 1030 g/mol. The third kappa shape index (κ3) is 8.28. The van der Waals surface area contributed by atoms with Crippen LogP contribution in [-0.4, -0.2) is 9.55 Å². The Morgan fingerprint density at radius 2 is 1.15 bits per heavy atom. The van der Waals surface area contributed by atoms with Gasteiger partial charge in [-0.1, -0.05) is 158 Å². The SMILES string of the molecule is CC(C)(C)c1cc(Oc2[c-]c3c(cc2)c2ccccc2n3-c2cc(C(C)(C)c3ccccc3)ccn2)[c-]c(N2[CH-]N(c3cc(-c4ccccc4)cc(C(C)(C)C)c3)c3ccccc32)c1.[Pt]. The van der Waals surface area contributed by atoms with Crippen molar-refractivity contribution in [1.82, 2.24) is 9.55 Å². The van der Waals surface area contributed by atoms with Crippen LogP contribution in [0.2, 0.25) is 0 Å². The molecule has 5 nitrogen and oxygen atoms in total. The predicted octanol–water partition coefficient (Wildman–Crippen LogP) is 15.6. The van der Waals surface area contributed by atoms with Crippen molar-refractivity contribution in [2.45, 2.75) is 71.6 Å². The summed E-state index contributed by atoms with van der Waals surface area (Å²) in [6.07, 6.45) is 1.92. The number of benzene rings is 7. The van der Waals surface area contributed by atoms with Crippen LogP contribution in [0.1, 0.15) is 77.6 Å². The number of nitrogens with zero attached hydrogens (tertiary/aromatic N) is 4. The maximum Gasteiger partial charge on any atom is 0.135 e. The summed E-state index contributed by atoms with van der Waals surface area (Å²) in [5.41, 5.74) is 12.9. The number of fused-ring (bicyclic) bond motifs is 4. The molecule has 1 aliphatic rings. The fourth-order valence-electron chi connectivity index (χ4n) is 8.88. The van der Waals surface area contributed by atoms with E-state index in [0.29, 0.717) is 11.5 Å². The van der Waals surface area contributed by atoms with Crippen LogP contribution in [0.3, 0.4) is 0 Å². The van der Waals surface area contributed by atoms with E-state index in [9.17, 15) is 0 Å². The van der Waals surface area contributed by atoms with Gasteiger partial charge in [0.15, 0.2) is 0 Å². The van der Waals surface area contributed by atoms with Gasteiger partial charge in [0.05, 0.1) is 0 Å². The van der Waals surface area contributed by atoms with Crippen molar-refractivity contribution in [2.75, 3.05) is 9.80 Å². The van der Waals surface area contributed by atoms with Gasteiger partial charge in [-0.05, 0) is 86.5 Å². The quantitative estimate of drug-likeness (QED) is 0.142. The summed E-state index contributed by atoms with van der Waals surface area (Å²) in [7, 11) is 0. The molecule has 0 N–H and O–H groups in total. The summed E-state index contributed by atoms with van der Waals surface area (Å²) < 4.78 is 9.08. The standard InChI is InChI=1S/C59H53N4O.Pt/c1-57(2,3)44-31-41(40-19-11-9-12-20-40)32-46(33-44)61-39-62(54-26-18-17-25-53(54)61)47-34-45(58(4,5)6)35-49(37-47)64-48-27-28-51-50-23-15-16-24-52(50)63(55(51)38-48)56-36-43(29-30-60-56)59(7,8)42-21-13-10-14-22-42;/h9-36,39H,1-8H3;/q-3;. The molecule has 0 spiro atoms. The molecule has 0 radical (unpaired) electrons. The minimum atomic E-state index is -0.229. The maximum absolute atomic E-state index is 6.86. The first-order valence-corrected chi connectivity index (χ1v) is 22.2. The minimum absolute atomic E-state index is 0. The second-order valence-electron chi connectivity index (χ2n) is 19.5. The molecule has 10 rings (SSSR count). The fraction of sp³-hybridized carbons (Fsp3) is 0.186. The number of ether oxygens (including phenoxy) is 1. The van der Waals surface area contributed by atoms with E-state index < -0.39 is 0 Å². The molecule has 1 aliphatic heterocycles. The Labute approximate surface area is 398 Å². The first kappa shape index (κ1) is 43.8. The Kier molecular flexibility index (Phi) is 11.4. The molecule has 0 unspecified atom stereocenters. The first-order chi connectivity index (χ1) is 30.7. The molecule has 0 aliphatic carbocycles. The van der Waals surface area contributed by atoms with E-state index >= 15 is 0 Å². The maximum atomic E-state index is 6.86. The van der Waals surface area contributed by atoms with E-state index in [1.807, 2.05) is 12.3 Å². The molecular formula is C59H53N4OPt-3. The molecule has 3 heterocycles. The molecule has 328 valence electrons. The Balaban J connectivity index is 0.00000533. The molecule has 2 aromatic heterocycles. The summed E-state index contributed by atoms with van der Waals surface area (Å²) in [6.45, 7) is 20.3. The Hall–Kier alpha value is -6.42. The molecule has 0 saturated heterocycles. The predicted molar refractivity (Wildman–Crippen MR) is 266 cm³/mol. The summed E-state index contributed by atoms with van der Waals surface area (Å²) in [5.74, 6) is 2.06. The fourth-order valence-corrected chi connectivity index (χ4v) is 8.88. The van der Waals surface area contributed by atoms with Crippen molar-refractivity contribution in [2.24, 2.45) is 0 Å². The van der Waals surface area contributed by atoms with Gasteiger partial charge in [-0.15, -0.1) is 53.6 Å². The van der Waals surface area contributed by atoms with Crippen LogP contribution in [-0.2, 0) is 37.3 Å². The molecule has 7 aromatic carbocycles. The number of hydrogen-bond acceptors (Lipinski definition) is 4. The third-order valence-electron chi connectivity index (χ3n) is 12.7.